The number of hydrogen-bond acceptors (Lipinski definition) is 2. The number of rotatable bonds is 2. The zero-order valence-corrected chi connectivity index (χ0v) is 7.90. The third kappa shape index (κ3) is 1.44. The van der Waals surface area contributed by atoms with Crippen LogP contribution in [-0.4, -0.2) is 20.9 Å². The van der Waals surface area contributed by atoms with Crippen LogP contribution in [0.3, 0.4) is 0 Å². The number of halogens is 1. The van der Waals surface area contributed by atoms with E-state index >= 15 is 0 Å². The molecule has 1 N–H and O–H groups in total. The minimum atomic E-state index is -0.935. The minimum Gasteiger partial charge on any atom is -0.480 e. The highest BCUT2D eigenvalue weighted by Gasteiger charge is 2.09. The van der Waals surface area contributed by atoms with Crippen molar-refractivity contribution in [1.29, 1.82) is 0 Å². The number of benzene rings is 1. The molecule has 0 unspecified atom stereocenters. The second-order valence-electron chi connectivity index (χ2n) is 2.86. The van der Waals surface area contributed by atoms with E-state index in [-0.39, 0.29) is 6.54 Å². The highest BCUT2D eigenvalue weighted by atomic mass is 35.5. The maximum atomic E-state index is 10.5. The van der Waals surface area contributed by atoms with Crippen LogP contribution in [0.25, 0.3) is 10.9 Å². The lowest BCUT2D eigenvalue weighted by atomic mass is 10.2. The summed E-state index contributed by atoms with van der Waals surface area (Å²) in [5.74, 6) is -0.935. The van der Waals surface area contributed by atoms with Gasteiger partial charge in [0.05, 0.1) is 5.52 Å². The van der Waals surface area contributed by atoms with Crippen molar-refractivity contribution in [2.24, 2.45) is 0 Å². The standard InChI is InChI=1S/C9H7ClN2O2/c10-9-6-3-1-2-4-7(6)12(11-9)5-8(13)14/h1-4H,5H2,(H,13,14). The van der Waals surface area contributed by atoms with Gasteiger partial charge in [-0.05, 0) is 12.1 Å². The molecule has 0 saturated carbocycles. The summed E-state index contributed by atoms with van der Waals surface area (Å²) < 4.78 is 1.37. The van der Waals surface area contributed by atoms with E-state index in [0.717, 1.165) is 10.9 Å². The fourth-order valence-corrected chi connectivity index (χ4v) is 1.59. The van der Waals surface area contributed by atoms with Crippen molar-refractivity contribution in [2.45, 2.75) is 6.54 Å². The third-order valence-electron chi connectivity index (χ3n) is 1.90. The van der Waals surface area contributed by atoms with Gasteiger partial charge in [-0.1, -0.05) is 23.7 Å². The van der Waals surface area contributed by atoms with E-state index in [1.807, 2.05) is 18.2 Å². The molecule has 1 aromatic carbocycles. The van der Waals surface area contributed by atoms with Crippen molar-refractivity contribution < 1.29 is 9.90 Å². The van der Waals surface area contributed by atoms with E-state index in [9.17, 15) is 4.79 Å². The molecule has 0 aliphatic heterocycles. The molecule has 1 heterocycles. The summed E-state index contributed by atoms with van der Waals surface area (Å²) in [6.45, 7) is -0.173. The van der Waals surface area contributed by atoms with Crippen LogP contribution in [0.2, 0.25) is 5.15 Å². The molecule has 14 heavy (non-hydrogen) atoms. The zero-order valence-electron chi connectivity index (χ0n) is 7.14. The van der Waals surface area contributed by atoms with Crippen LogP contribution in [0.1, 0.15) is 0 Å². The number of nitrogens with zero attached hydrogens (tertiary/aromatic N) is 2. The highest BCUT2D eigenvalue weighted by molar-refractivity contribution is 6.34. The predicted octanol–water partition coefficient (Wildman–Crippen LogP) is 1.77. The lowest BCUT2D eigenvalue weighted by Crippen LogP contribution is -2.09. The van der Waals surface area contributed by atoms with Crippen LogP contribution < -0.4 is 0 Å². The summed E-state index contributed by atoms with van der Waals surface area (Å²) >= 11 is 5.84. The van der Waals surface area contributed by atoms with Crippen LogP contribution in [0.4, 0.5) is 0 Å². The normalized spacial score (nSPS) is 10.6. The van der Waals surface area contributed by atoms with Crippen LogP contribution >= 0.6 is 11.6 Å². The van der Waals surface area contributed by atoms with Crippen molar-refractivity contribution in [3.05, 3.63) is 29.4 Å². The molecule has 72 valence electrons. The van der Waals surface area contributed by atoms with Gasteiger partial charge in [-0.3, -0.25) is 9.48 Å². The molecule has 0 aliphatic carbocycles. The van der Waals surface area contributed by atoms with Crippen LogP contribution in [-0.2, 0) is 11.3 Å². The molecule has 0 spiro atoms. The molecular formula is C9H7ClN2O2. The highest BCUT2D eigenvalue weighted by Crippen LogP contribution is 2.21. The Hall–Kier alpha value is -1.55. The first-order valence-electron chi connectivity index (χ1n) is 4.01. The van der Waals surface area contributed by atoms with E-state index in [2.05, 4.69) is 5.10 Å². The van der Waals surface area contributed by atoms with E-state index in [4.69, 9.17) is 16.7 Å². The summed E-state index contributed by atoms with van der Waals surface area (Å²) in [5.41, 5.74) is 0.736. The number of fused-ring (bicyclic) bond motifs is 1. The van der Waals surface area contributed by atoms with E-state index in [1.165, 1.54) is 4.68 Å². The number of aromatic nitrogens is 2. The Kier molecular flexibility index (Phi) is 2.13. The number of aliphatic carboxylic acids is 1. The first-order chi connectivity index (χ1) is 6.68. The van der Waals surface area contributed by atoms with E-state index in [0.29, 0.717) is 5.15 Å². The minimum absolute atomic E-state index is 0.173. The summed E-state index contributed by atoms with van der Waals surface area (Å²) in [5, 5.41) is 13.7. The van der Waals surface area contributed by atoms with Gasteiger partial charge < -0.3 is 5.11 Å². The van der Waals surface area contributed by atoms with Gasteiger partial charge in [-0.2, -0.15) is 5.10 Å². The van der Waals surface area contributed by atoms with Crippen LogP contribution in [0.5, 0.6) is 0 Å². The molecule has 0 aliphatic rings. The second-order valence-corrected chi connectivity index (χ2v) is 3.22. The Morgan fingerprint density at radius 3 is 2.93 bits per heavy atom. The van der Waals surface area contributed by atoms with Gasteiger partial charge in [0.1, 0.15) is 6.54 Å². The van der Waals surface area contributed by atoms with Crippen LogP contribution in [0.15, 0.2) is 24.3 Å². The number of carboxylic acid groups (broad SMARTS) is 1. The molecule has 4 nitrogen and oxygen atoms in total. The van der Waals surface area contributed by atoms with Crippen LogP contribution in [0, 0.1) is 0 Å². The second kappa shape index (κ2) is 3.31. The fourth-order valence-electron chi connectivity index (χ4n) is 1.34. The molecule has 0 amide bonds. The molecule has 1 aromatic heterocycles. The summed E-state index contributed by atoms with van der Waals surface area (Å²) in [6.07, 6.45) is 0. The Morgan fingerprint density at radius 2 is 2.21 bits per heavy atom. The number of carboxylic acids is 1. The van der Waals surface area contributed by atoms with Gasteiger partial charge >= 0.3 is 5.97 Å². The Morgan fingerprint density at radius 1 is 1.50 bits per heavy atom. The molecule has 0 bridgehead atoms. The summed E-state index contributed by atoms with van der Waals surface area (Å²) in [4.78, 5) is 10.5. The summed E-state index contributed by atoms with van der Waals surface area (Å²) in [6, 6.07) is 7.25. The first kappa shape index (κ1) is 9.02. The average molecular weight is 211 g/mol. The van der Waals surface area contributed by atoms with Crippen molar-refractivity contribution in [3.63, 3.8) is 0 Å². The lowest BCUT2D eigenvalue weighted by Gasteiger charge is -1.97. The van der Waals surface area contributed by atoms with Gasteiger partial charge in [-0.15, -0.1) is 0 Å². The average Bonchev–Trinajstić information content (AvgIpc) is 2.44. The van der Waals surface area contributed by atoms with E-state index in [1.54, 1.807) is 6.07 Å². The lowest BCUT2D eigenvalue weighted by molar-refractivity contribution is -0.137. The Balaban J connectivity index is 2.60. The predicted molar refractivity (Wildman–Crippen MR) is 52.4 cm³/mol. The molecule has 0 radical (unpaired) electrons. The number of carbonyl (C=O) groups is 1. The molecule has 0 saturated heterocycles. The summed E-state index contributed by atoms with van der Waals surface area (Å²) in [7, 11) is 0. The monoisotopic (exact) mass is 210 g/mol. The van der Waals surface area contributed by atoms with Gasteiger partial charge in [0, 0.05) is 5.39 Å². The molecule has 5 heteroatoms. The van der Waals surface area contributed by atoms with Crippen molar-refractivity contribution in [2.75, 3.05) is 0 Å². The molecule has 0 atom stereocenters. The molecule has 0 fully saturated rings. The molecule has 2 aromatic rings. The topological polar surface area (TPSA) is 55.1 Å². The molecular weight excluding hydrogens is 204 g/mol. The molecule has 2 rings (SSSR count). The number of hydrogen-bond donors (Lipinski definition) is 1. The zero-order chi connectivity index (χ0) is 10.1. The van der Waals surface area contributed by atoms with Gasteiger partial charge in [0.25, 0.3) is 0 Å². The smallest absolute Gasteiger partial charge is 0.325 e. The Labute approximate surface area is 84.7 Å². The first-order valence-corrected chi connectivity index (χ1v) is 4.39. The maximum Gasteiger partial charge on any atom is 0.325 e. The quantitative estimate of drug-likeness (QED) is 0.822. The third-order valence-corrected chi connectivity index (χ3v) is 2.18. The number of para-hydroxylation sites is 1. The van der Waals surface area contributed by atoms with Crippen molar-refractivity contribution in [1.82, 2.24) is 9.78 Å². The largest absolute Gasteiger partial charge is 0.480 e. The van der Waals surface area contributed by atoms with Gasteiger partial charge in [0.15, 0.2) is 5.15 Å². The Bertz CT molecular complexity index is 493. The van der Waals surface area contributed by atoms with Gasteiger partial charge in [0.2, 0.25) is 0 Å². The van der Waals surface area contributed by atoms with Crippen molar-refractivity contribution >= 4 is 28.5 Å². The maximum absolute atomic E-state index is 10.5. The van der Waals surface area contributed by atoms with E-state index < -0.39 is 5.97 Å². The SMILES string of the molecule is O=C(O)Cn1nc(Cl)c2ccccc21. The fraction of sp³-hybridized carbons (Fsp3) is 0.111. The van der Waals surface area contributed by atoms with Crippen molar-refractivity contribution in [3.8, 4) is 0 Å². The van der Waals surface area contributed by atoms with Gasteiger partial charge in [-0.25, -0.2) is 0 Å².